The number of hydrogen-bond acceptors (Lipinski definition) is 4. The second-order valence-electron chi connectivity index (χ2n) is 6.27. The Balaban J connectivity index is 3.43. The fourth-order valence-corrected chi connectivity index (χ4v) is 1.61. The lowest BCUT2D eigenvalue weighted by Crippen LogP contribution is -2.34. The van der Waals surface area contributed by atoms with Crippen LogP contribution in [0.15, 0.2) is 0 Å². The van der Waals surface area contributed by atoms with Crippen molar-refractivity contribution in [3.05, 3.63) is 0 Å². The molecule has 5 nitrogen and oxygen atoms in total. The maximum atomic E-state index is 11.3. The smallest absolute Gasteiger partial charge is 0.407 e. The first-order valence-corrected chi connectivity index (χ1v) is 7.06. The standard InChI is InChI=1S/C14H30N2O3/c1-11(2)9-12(17)10-15-7-6-8-16-13(18)19-14(3,4)5/h11-12,15,17H,6-10H2,1-5H3,(H,16,18). The van der Waals surface area contributed by atoms with Crippen LogP contribution < -0.4 is 10.6 Å². The quantitative estimate of drug-likeness (QED) is 0.591. The van der Waals surface area contributed by atoms with Crippen molar-refractivity contribution in [3.63, 3.8) is 0 Å². The van der Waals surface area contributed by atoms with E-state index in [-0.39, 0.29) is 12.2 Å². The van der Waals surface area contributed by atoms with Gasteiger partial charge in [-0.1, -0.05) is 13.8 Å². The fourth-order valence-electron chi connectivity index (χ4n) is 1.61. The van der Waals surface area contributed by atoms with E-state index in [2.05, 4.69) is 24.5 Å². The van der Waals surface area contributed by atoms with Crippen molar-refractivity contribution < 1.29 is 14.6 Å². The minimum Gasteiger partial charge on any atom is -0.444 e. The number of carbonyl (C=O) groups excluding carboxylic acids is 1. The molecule has 5 heteroatoms. The van der Waals surface area contributed by atoms with Gasteiger partial charge in [-0.2, -0.15) is 0 Å². The number of nitrogens with one attached hydrogen (secondary N) is 2. The van der Waals surface area contributed by atoms with E-state index >= 15 is 0 Å². The van der Waals surface area contributed by atoms with Crippen LogP contribution >= 0.6 is 0 Å². The van der Waals surface area contributed by atoms with Gasteiger partial charge < -0.3 is 20.5 Å². The summed E-state index contributed by atoms with van der Waals surface area (Å²) in [6.07, 6.45) is 0.947. The van der Waals surface area contributed by atoms with E-state index < -0.39 is 5.60 Å². The van der Waals surface area contributed by atoms with Crippen molar-refractivity contribution in [2.45, 2.75) is 59.2 Å². The Morgan fingerprint density at radius 1 is 1.26 bits per heavy atom. The molecule has 3 N–H and O–H groups in total. The summed E-state index contributed by atoms with van der Waals surface area (Å²) in [5.74, 6) is 0.505. The number of carbonyl (C=O) groups is 1. The molecule has 0 fully saturated rings. The molecular weight excluding hydrogens is 244 g/mol. The van der Waals surface area contributed by atoms with Crippen molar-refractivity contribution in [3.8, 4) is 0 Å². The monoisotopic (exact) mass is 274 g/mol. The second-order valence-corrected chi connectivity index (χ2v) is 6.27. The van der Waals surface area contributed by atoms with Crippen LogP contribution in [0, 0.1) is 5.92 Å². The molecule has 0 aliphatic rings. The Labute approximate surface area is 117 Å². The van der Waals surface area contributed by atoms with Crippen LogP contribution in [-0.2, 0) is 4.74 Å². The van der Waals surface area contributed by atoms with Crippen LogP contribution in [-0.4, -0.2) is 42.5 Å². The summed E-state index contributed by atoms with van der Waals surface area (Å²) >= 11 is 0. The highest BCUT2D eigenvalue weighted by Gasteiger charge is 2.15. The van der Waals surface area contributed by atoms with Crippen LogP contribution in [0.5, 0.6) is 0 Å². The molecule has 0 aromatic heterocycles. The highest BCUT2D eigenvalue weighted by molar-refractivity contribution is 5.67. The Hall–Kier alpha value is -0.810. The molecule has 0 aromatic rings. The molecular formula is C14H30N2O3. The summed E-state index contributed by atoms with van der Waals surface area (Å²) in [7, 11) is 0. The van der Waals surface area contributed by atoms with E-state index in [1.54, 1.807) is 0 Å². The summed E-state index contributed by atoms with van der Waals surface area (Å²) in [5.41, 5.74) is -0.455. The van der Waals surface area contributed by atoms with Crippen LogP contribution in [0.3, 0.4) is 0 Å². The zero-order valence-electron chi connectivity index (χ0n) is 13.0. The zero-order valence-corrected chi connectivity index (χ0v) is 13.0. The van der Waals surface area contributed by atoms with E-state index in [1.807, 2.05) is 20.8 Å². The van der Waals surface area contributed by atoms with Crippen molar-refractivity contribution in [1.29, 1.82) is 0 Å². The molecule has 0 spiro atoms. The summed E-state index contributed by atoms with van der Waals surface area (Å²) in [4.78, 5) is 11.3. The predicted octanol–water partition coefficient (Wildman–Crippen LogP) is 1.90. The van der Waals surface area contributed by atoms with Crippen molar-refractivity contribution in [2.75, 3.05) is 19.6 Å². The lowest BCUT2D eigenvalue weighted by atomic mass is 10.1. The van der Waals surface area contributed by atoms with Gasteiger partial charge in [0.2, 0.25) is 0 Å². The van der Waals surface area contributed by atoms with Crippen LogP contribution in [0.25, 0.3) is 0 Å². The third-order valence-corrected chi connectivity index (χ3v) is 2.32. The van der Waals surface area contributed by atoms with Gasteiger partial charge in [-0.05, 0) is 46.1 Å². The average Bonchev–Trinajstić information content (AvgIpc) is 2.19. The Morgan fingerprint density at radius 2 is 1.89 bits per heavy atom. The molecule has 1 unspecified atom stereocenters. The zero-order chi connectivity index (χ0) is 14.9. The van der Waals surface area contributed by atoms with Crippen molar-refractivity contribution in [1.82, 2.24) is 10.6 Å². The summed E-state index contributed by atoms with van der Waals surface area (Å²) in [6.45, 7) is 11.6. The van der Waals surface area contributed by atoms with Gasteiger partial charge in [0.05, 0.1) is 6.10 Å². The molecule has 0 aromatic carbocycles. The first kappa shape index (κ1) is 18.2. The molecule has 0 saturated carbocycles. The average molecular weight is 274 g/mol. The second kappa shape index (κ2) is 9.15. The Kier molecular flexibility index (Phi) is 8.76. The fraction of sp³-hybridized carbons (Fsp3) is 0.929. The van der Waals surface area contributed by atoms with Gasteiger partial charge >= 0.3 is 6.09 Å². The first-order chi connectivity index (χ1) is 8.70. The first-order valence-electron chi connectivity index (χ1n) is 7.06. The third kappa shape index (κ3) is 13.4. The Morgan fingerprint density at radius 3 is 2.42 bits per heavy atom. The summed E-state index contributed by atoms with van der Waals surface area (Å²) in [6, 6.07) is 0. The molecule has 0 heterocycles. The number of rotatable bonds is 8. The minimum atomic E-state index is -0.455. The highest BCUT2D eigenvalue weighted by atomic mass is 16.6. The van der Waals surface area contributed by atoms with E-state index in [1.165, 1.54) is 0 Å². The van der Waals surface area contributed by atoms with Crippen LogP contribution in [0.1, 0.15) is 47.5 Å². The predicted molar refractivity (Wildman–Crippen MR) is 77.2 cm³/mol. The molecule has 19 heavy (non-hydrogen) atoms. The number of amides is 1. The topological polar surface area (TPSA) is 70.6 Å². The molecule has 0 saturated heterocycles. The van der Waals surface area contributed by atoms with Crippen molar-refractivity contribution >= 4 is 6.09 Å². The number of alkyl carbamates (subject to hydrolysis) is 1. The maximum Gasteiger partial charge on any atom is 0.407 e. The molecule has 0 aliphatic carbocycles. The summed E-state index contributed by atoms with van der Waals surface area (Å²) in [5, 5.41) is 15.5. The number of aliphatic hydroxyl groups is 1. The molecule has 0 rings (SSSR count). The molecule has 1 amide bonds. The highest BCUT2D eigenvalue weighted by Crippen LogP contribution is 2.06. The van der Waals surface area contributed by atoms with Gasteiger partial charge in [0, 0.05) is 13.1 Å². The lowest BCUT2D eigenvalue weighted by molar-refractivity contribution is 0.0527. The molecule has 0 radical (unpaired) electrons. The minimum absolute atomic E-state index is 0.293. The van der Waals surface area contributed by atoms with E-state index in [0.717, 1.165) is 19.4 Å². The molecule has 1 atom stereocenters. The summed E-state index contributed by atoms with van der Waals surface area (Å²) < 4.78 is 5.12. The SMILES string of the molecule is CC(C)CC(O)CNCCCNC(=O)OC(C)(C)C. The Bertz CT molecular complexity index is 250. The molecule has 0 aliphatic heterocycles. The van der Waals surface area contributed by atoms with Gasteiger partial charge in [-0.15, -0.1) is 0 Å². The number of hydrogen-bond donors (Lipinski definition) is 3. The number of ether oxygens (including phenoxy) is 1. The van der Waals surface area contributed by atoms with Gasteiger partial charge in [0.1, 0.15) is 5.60 Å². The van der Waals surface area contributed by atoms with Gasteiger partial charge in [-0.3, -0.25) is 0 Å². The van der Waals surface area contributed by atoms with E-state index in [9.17, 15) is 9.90 Å². The van der Waals surface area contributed by atoms with E-state index in [4.69, 9.17) is 4.74 Å². The van der Waals surface area contributed by atoms with E-state index in [0.29, 0.717) is 19.0 Å². The van der Waals surface area contributed by atoms with Gasteiger partial charge in [0.25, 0.3) is 0 Å². The van der Waals surface area contributed by atoms with Crippen molar-refractivity contribution in [2.24, 2.45) is 5.92 Å². The number of aliphatic hydroxyl groups excluding tert-OH is 1. The lowest BCUT2D eigenvalue weighted by Gasteiger charge is -2.19. The normalized spacial score (nSPS) is 13.4. The molecule has 114 valence electrons. The van der Waals surface area contributed by atoms with Crippen LogP contribution in [0.2, 0.25) is 0 Å². The van der Waals surface area contributed by atoms with Gasteiger partial charge in [-0.25, -0.2) is 4.79 Å². The molecule has 0 bridgehead atoms. The van der Waals surface area contributed by atoms with Gasteiger partial charge in [0.15, 0.2) is 0 Å². The third-order valence-electron chi connectivity index (χ3n) is 2.32. The maximum absolute atomic E-state index is 11.3. The largest absolute Gasteiger partial charge is 0.444 e. The van der Waals surface area contributed by atoms with Crippen LogP contribution in [0.4, 0.5) is 4.79 Å².